The van der Waals surface area contributed by atoms with Gasteiger partial charge < -0.3 is 5.11 Å². The van der Waals surface area contributed by atoms with Crippen molar-refractivity contribution in [2.75, 3.05) is 6.61 Å². The fourth-order valence-electron chi connectivity index (χ4n) is 11.7. The summed E-state index contributed by atoms with van der Waals surface area (Å²) in [6.45, 7) is 20.5. The molecule has 0 heterocycles. The molecule has 0 aromatic heterocycles. The first-order valence-electron chi connectivity index (χ1n) is 13.7. The average Bonchev–Trinajstić information content (AvgIpc) is 3.08. The van der Waals surface area contributed by atoms with Crippen molar-refractivity contribution in [3.8, 4) is 0 Å². The summed E-state index contributed by atoms with van der Waals surface area (Å²) in [4.78, 5) is 0. The van der Waals surface area contributed by atoms with Crippen LogP contribution in [0.25, 0.3) is 0 Å². The molecule has 0 spiro atoms. The van der Waals surface area contributed by atoms with Crippen LogP contribution >= 0.6 is 0 Å². The van der Waals surface area contributed by atoms with E-state index in [1.807, 2.05) is 0 Å². The van der Waals surface area contributed by atoms with Crippen LogP contribution in [-0.4, -0.2) is 11.7 Å². The summed E-state index contributed by atoms with van der Waals surface area (Å²) in [6.07, 6.45) is 15.1. The predicted octanol–water partition coefficient (Wildman–Crippen LogP) is 8.03. The summed E-state index contributed by atoms with van der Waals surface area (Å²) in [5.41, 5.74) is 3.50. The van der Waals surface area contributed by atoms with Gasteiger partial charge in [-0.15, -0.1) is 0 Å². The number of rotatable bonds is 2. The summed E-state index contributed by atoms with van der Waals surface area (Å²) >= 11 is 0. The highest BCUT2D eigenvalue weighted by atomic mass is 16.3. The topological polar surface area (TPSA) is 20.2 Å². The van der Waals surface area contributed by atoms with Crippen molar-refractivity contribution in [1.82, 2.24) is 0 Å². The zero-order valence-corrected chi connectivity index (χ0v) is 21.5. The minimum Gasteiger partial charge on any atom is -0.396 e. The molecule has 0 aromatic rings. The number of hydrogen-bond acceptors (Lipinski definition) is 1. The second kappa shape index (κ2) is 6.86. The van der Waals surface area contributed by atoms with E-state index in [1.165, 1.54) is 76.2 Å². The molecular weight excluding hydrogens is 376 g/mol. The van der Waals surface area contributed by atoms with Crippen LogP contribution in [0.15, 0.2) is 12.2 Å². The van der Waals surface area contributed by atoms with Crippen LogP contribution in [0, 0.1) is 56.7 Å². The van der Waals surface area contributed by atoms with E-state index in [4.69, 9.17) is 0 Å². The highest BCUT2D eigenvalue weighted by Gasteiger charge is 2.70. The highest BCUT2D eigenvalue weighted by Crippen LogP contribution is 2.77. The first kappa shape index (κ1) is 22.5. The van der Waals surface area contributed by atoms with Gasteiger partial charge in [0.2, 0.25) is 0 Å². The molecule has 0 aliphatic heterocycles. The predicted molar refractivity (Wildman–Crippen MR) is 131 cm³/mol. The summed E-state index contributed by atoms with van der Waals surface area (Å²) in [7, 11) is 0. The van der Waals surface area contributed by atoms with E-state index < -0.39 is 0 Å². The van der Waals surface area contributed by atoms with Gasteiger partial charge >= 0.3 is 0 Å². The van der Waals surface area contributed by atoms with Crippen LogP contribution in [0.5, 0.6) is 0 Å². The Hall–Kier alpha value is -0.300. The van der Waals surface area contributed by atoms with Gasteiger partial charge in [-0.1, -0.05) is 53.2 Å². The smallest absolute Gasteiger partial charge is 0.0490 e. The van der Waals surface area contributed by atoms with Gasteiger partial charge in [-0.3, -0.25) is 0 Å². The fourth-order valence-corrected chi connectivity index (χ4v) is 11.7. The van der Waals surface area contributed by atoms with E-state index in [1.54, 1.807) is 0 Å². The van der Waals surface area contributed by atoms with Crippen LogP contribution in [-0.2, 0) is 0 Å². The van der Waals surface area contributed by atoms with Crippen LogP contribution in [0.1, 0.15) is 112 Å². The van der Waals surface area contributed by atoms with E-state index in [-0.39, 0.29) is 5.41 Å². The number of hydrogen-bond donors (Lipinski definition) is 1. The third kappa shape index (κ3) is 2.71. The van der Waals surface area contributed by atoms with E-state index in [9.17, 15) is 5.11 Å². The molecule has 5 rings (SSSR count). The molecule has 5 unspecified atom stereocenters. The Labute approximate surface area is 192 Å². The van der Waals surface area contributed by atoms with Gasteiger partial charge in [-0.05, 0) is 128 Å². The Kier molecular flexibility index (Phi) is 4.98. The standard InChI is InChI=1S/C30H50O/c1-20(2)21-11-16-30(19-31)18-17-28(6)22(25(21)30)9-10-24-27(5)14-8-13-26(3,4)23(27)12-15-29(24,28)7/h21-25,31H,1,8-19H2,2-7H3/t21?,22?,23?,24?,25?,27-,28+,29+,30+/m0/s1. The van der Waals surface area contributed by atoms with Crippen molar-refractivity contribution in [2.24, 2.45) is 56.7 Å². The Bertz CT molecular complexity index is 752. The molecule has 9 atom stereocenters. The molecule has 5 fully saturated rings. The van der Waals surface area contributed by atoms with Gasteiger partial charge in [0.1, 0.15) is 0 Å². The monoisotopic (exact) mass is 426 g/mol. The number of aliphatic hydroxyl groups excluding tert-OH is 1. The van der Waals surface area contributed by atoms with E-state index >= 15 is 0 Å². The molecule has 0 aromatic carbocycles. The van der Waals surface area contributed by atoms with E-state index in [0.717, 1.165) is 17.8 Å². The van der Waals surface area contributed by atoms with Gasteiger partial charge in [0.05, 0.1) is 0 Å². The van der Waals surface area contributed by atoms with Crippen LogP contribution in [0.2, 0.25) is 0 Å². The lowest BCUT2D eigenvalue weighted by Gasteiger charge is -2.72. The van der Waals surface area contributed by atoms with Crippen molar-refractivity contribution in [1.29, 1.82) is 0 Å². The second-order valence-corrected chi connectivity index (χ2v) is 14.5. The molecule has 5 saturated carbocycles. The molecule has 0 saturated heterocycles. The van der Waals surface area contributed by atoms with Crippen molar-refractivity contribution in [3.05, 3.63) is 12.2 Å². The summed E-state index contributed by atoms with van der Waals surface area (Å²) in [6, 6.07) is 0. The quantitative estimate of drug-likeness (QED) is 0.443. The number of allylic oxidation sites excluding steroid dienone is 1. The molecule has 5 aliphatic rings. The molecule has 1 nitrogen and oxygen atoms in total. The molecule has 0 amide bonds. The Morgan fingerprint density at radius 2 is 1.55 bits per heavy atom. The second-order valence-electron chi connectivity index (χ2n) is 14.5. The molecule has 5 aliphatic carbocycles. The summed E-state index contributed by atoms with van der Waals surface area (Å²) < 4.78 is 0. The molecule has 31 heavy (non-hydrogen) atoms. The summed E-state index contributed by atoms with van der Waals surface area (Å²) in [5.74, 6) is 3.86. The van der Waals surface area contributed by atoms with Crippen LogP contribution < -0.4 is 0 Å². The van der Waals surface area contributed by atoms with Crippen LogP contribution in [0.3, 0.4) is 0 Å². The average molecular weight is 427 g/mol. The SMILES string of the molecule is C=C(C)C1CC[C@]2(CO)CC[C@]3(C)C(CCC4[C@@]5(C)CCCC(C)(C)C5CC[C@]43C)C12. The van der Waals surface area contributed by atoms with Gasteiger partial charge in [0.15, 0.2) is 0 Å². The highest BCUT2D eigenvalue weighted by molar-refractivity contribution is 5.21. The molecule has 176 valence electrons. The van der Waals surface area contributed by atoms with Crippen molar-refractivity contribution < 1.29 is 5.11 Å². The van der Waals surface area contributed by atoms with Gasteiger partial charge in [0, 0.05) is 6.61 Å². The maximum absolute atomic E-state index is 10.6. The molecule has 1 heteroatoms. The maximum Gasteiger partial charge on any atom is 0.0490 e. The first-order chi connectivity index (χ1) is 14.5. The molecular formula is C30H50O. The van der Waals surface area contributed by atoms with Crippen LogP contribution in [0.4, 0.5) is 0 Å². The molecule has 1 N–H and O–H groups in total. The fraction of sp³-hybridized carbons (Fsp3) is 0.933. The van der Waals surface area contributed by atoms with Crippen molar-refractivity contribution in [2.45, 2.75) is 112 Å². The lowest BCUT2D eigenvalue weighted by atomic mass is 9.32. The van der Waals surface area contributed by atoms with Gasteiger partial charge in [-0.25, -0.2) is 0 Å². The lowest BCUT2D eigenvalue weighted by molar-refractivity contribution is -0.238. The van der Waals surface area contributed by atoms with Gasteiger partial charge in [0.25, 0.3) is 0 Å². The Morgan fingerprint density at radius 3 is 2.23 bits per heavy atom. The van der Waals surface area contributed by atoms with E-state index in [2.05, 4.69) is 48.1 Å². The molecule has 0 bridgehead atoms. The first-order valence-corrected chi connectivity index (χ1v) is 13.7. The number of fused-ring (bicyclic) bond motifs is 7. The third-order valence-corrected chi connectivity index (χ3v) is 13.3. The van der Waals surface area contributed by atoms with E-state index in [0.29, 0.717) is 40.1 Å². The molecule has 0 radical (unpaired) electrons. The van der Waals surface area contributed by atoms with Gasteiger partial charge in [-0.2, -0.15) is 0 Å². The third-order valence-electron chi connectivity index (χ3n) is 13.3. The van der Waals surface area contributed by atoms with Crippen molar-refractivity contribution >= 4 is 0 Å². The normalized spacial score (nSPS) is 55.5. The summed E-state index contributed by atoms with van der Waals surface area (Å²) in [5, 5.41) is 10.6. The minimum absolute atomic E-state index is 0.185. The maximum atomic E-state index is 10.6. The minimum atomic E-state index is 0.185. The largest absolute Gasteiger partial charge is 0.396 e. The number of aliphatic hydroxyl groups is 1. The zero-order valence-electron chi connectivity index (χ0n) is 21.5. The Morgan fingerprint density at radius 1 is 0.806 bits per heavy atom. The lowest BCUT2D eigenvalue weighted by Crippen LogP contribution is -2.65. The Balaban J connectivity index is 1.55. The zero-order chi connectivity index (χ0) is 22.4. The van der Waals surface area contributed by atoms with Crippen molar-refractivity contribution in [3.63, 3.8) is 0 Å².